The van der Waals surface area contributed by atoms with Crippen LogP contribution in [0.4, 0.5) is 5.69 Å². The van der Waals surface area contributed by atoms with Crippen molar-refractivity contribution in [1.29, 1.82) is 0 Å². The summed E-state index contributed by atoms with van der Waals surface area (Å²) in [4.78, 5) is 29.1. The Morgan fingerprint density at radius 2 is 1.90 bits per heavy atom. The molecule has 0 radical (unpaired) electrons. The van der Waals surface area contributed by atoms with Crippen LogP contribution < -0.4 is 10.9 Å². The number of carboxylic acids is 1. The molecule has 7 nitrogen and oxygen atoms in total. The van der Waals surface area contributed by atoms with Gasteiger partial charge in [0.1, 0.15) is 5.69 Å². The van der Waals surface area contributed by atoms with Crippen LogP contribution in [0.15, 0.2) is 40.0 Å². The zero-order valence-electron chi connectivity index (χ0n) is 17.3. The molecule has 1 atom stereocenters. The van der Waals surface area contributed by atoms with Crippen LogP contribution in [0.25, 0.3) is 0 Å². The standard InChI is InChI=1S/C21H21BrCl2N4O3/c1-10(2)28-18(17(20(30)31)26-21(28)22)16(14-6-5-12(23)7-11(14)3)25-15-8-13(24)9-27(4)19(15)29/h5-10,16,25H,1-4H3,(H,30,31). The number of imidazole rings is 1. The molecule has 3 rings (SSSR count). The minimum atomic E-state index is -1.17. The number of hydrogen-bond donors (Lipinski definition) is 2. The van der Waals surface area contributed by atoms with Crippen molar-refractivity contribution in [2.45, 2.75) is 32.9 Å². The number of benzene rings is 1. The Bertz CT molecular complexity index is 1220. The van der Waals surface area contributed by atoms with Gasteiger partial charge in [0.05, 0.1) is 16.8 Å². The normalized spacial score (nSPS) is 12.3. The maximum absolute atomic E-state index is 12.8. The van der Waals surface area contributed by atoms with Crippen molar-refractivity contribution in [1.82, 2.24) is 14.1 Å². The third-order valence-electron chi connectivity index (χ3n) is 4.89. The zero-order chi connectivity index (χ0) is 23.0. The fourth-order valence-electron chi connectivity index (χ4n) is 3.53. The minimum Gasteiger partial charge on any atom is -0.476 e. The Hall–Kier alpha value is -2.29. The molecule has 2 aromatic heterocycles. The lowest BCUT2D eigenvalue weighted by atomic mass is 9.96. The molecule has 0 aliphatic carbocycles. The molecule has 0 aliphatic heterocycles. The average Bonchev–Trinajstić information content (AvgIpc) is 3.01. The lowest BCUT2D eigenvalue weighted by Crippen LogP contribution is -2.26. The average molecular weight is 528 g/mol. The summed E-state index contributed by atoms with van der Waals surface area (Å²) < 4.78 is 3.53. The largest absolute Gasteiger partial charge is 0.476 e. The minimum absolute atomic E-state index is 0.107. The fourth-order valence-corrected chi connectivity index (χ4v) is 4.79. The number of nitrogens with one attached hydrogen (secondary N) is 1. The molecule has 0 bridgehead atoms. The van der Waals surface area contributed by atoms with Crippen LogP contribution in [0.1, 0.15) is 53.2 Å². The van der Waals surface area contributed by atoms with E-state index >= 15 is 0 Å². The first kappa shape index (κ1) is 23.4. The predicted octanol–water partition coefficient (Wildman–Crippen LogP) is 5.44. The Kier molecular flexibility index (Phi) is 6.83. The van der Waals surface area contributed by atoms with Gasteiger partial charge >= 0.3 is 5.97 Å². The van der Waals surface area contributed by atoms with E-state index in [1.165, 1.54) is 16.8 Å². The summed E-state index contributed by atoms with van der Waals surface area (Å²) in [5.74, 6) is -1.17. The molecular formula is C21H21BrCl2N4O3. The highest BCUT2D eigenvalue weighted by atomic mass is 79.9. The summed E-state index contributed by atoms with van der Waals surface area (Å²) in [6.45, 7) is 5.72. The molecule has 0 aliphatic rings. The van der Waals surface area contributed by atoms with Gasteiger partial charge in [0.25, 0.3) is 5.56 Å². The number of aryl methyl sites for hydroxylation is 2. The van der Waals surface area contributed by atoms with E-state index in [1.807, 2.05) is 26.8 Å². The molecular weight excluding hydrogens is 507 g/mol. The molecule has 0 saturated heterocycles. The number of carboxylic acid groups (broad SMARTS) is 1. The van der Waals surface area contributed by atoms with E-state index in [9.17, 15) is 14.7 Å². The van der Waals surface area contributed by atoms with E-state index in [4.69, 9.17) is 23.2 Å². The summed E-state index contributed by atoms with van der Waals surface area (Å²) in [5, 5.41) is 14.0. The summed E-state index contributed by atoms with van der Waals surface area (Å²) >= 11 is 15.7. The topological polar surface area (TPSA) is 89.2 Å². The van der Waals surface area contributed by atoms with Crippen LogP contribution >= 0.6 is 39.1 Å². The number of pyridine rings is 1. The van der Waals surface area contributed by atoms with E-state index in [-0.39, 0.29) is 23.0 Å². The molecule has 1 aromatic carbocycles. The van der Waals surface area contributed by atoms with Gasteiger partial charge in [-0.1, -0.05) is 29.3 Å². The first-order valence-electron chi connectivity index (χ1n) is 9.41. The van der Waals surface area contributed by atoms with Gasteiger partial charge in [0, 0.05) is 24.3 Å². The first-order valence-corrected chi connectivity index (χ1v) is 11.0. The highest BCUT2D eigenvalue weighted by molar-refractivity contribution is 9.10. The number of halogens is 3. The van der Waals surface area contributed by atoms with Crippen LogP contribution in [0, 0.1) is 6.92 Å². The second-order valence-corrected chi connectivity index (χ2v) is 9.03. The van der Waals surface area contributed by atoms with E-state index in [0.717, 1.165) is 11.1 Å². The van der Waals surface area contributed by atoms with E-state index < -0.39 is 12.0 Å². The maximum atomic E-state index is 12.8. The molecule has 164 valence electrons. The molecule has 1 unspecified atom stereocenters. The summed E-state index contributed by atoms with van der Waals surface area (Å²) in [6, 6.07) is 6.02. The van der Waals surface area contributed by atoms with Crippen molar-refractivity contribution < 1.29 is 9.90 Å². The van der Waals surface area contributed by atoms with Crippen molar-refractivity contribution in [3.8, 4) is 0 Å². The molecule has 0 saturated carbocycles. The summed E-state index contributed by atoms with van der Waals surface area (Å²) in [6.07, 6.45) is 1.51. The Balaban J connectivity index is 2.33. The third-order valence-corrected chi connectivity index (χ3v) is 5.89. The summed E-state index contributed by atoms with van der Waals surface area (Å²) in [5.41, 5.74) is 1.80. The predicted molar refractivity (Wildman–Crippen MR) is 126 cm³/mol. The van der Waals surface area contributed by atoms with Crippen LogP contribution in [0.5, 0.6) is 0 Å². The smallest absolute Gasteiger partial charge is 0.356 e. The molecule has 0 amide bonds. The van der Waals surface area contributed by atoms with Gasteiger partial charge in [-0.05, 0) is 66.0 Å². The number of aromatic nitrogens is 3. The number of anilines is 1. The molecule has 3 aromatic rings. The quantitative estimate of drug-likeness (QED) is 0.445. The Morgan fingerprint density at radius 3 is 2.48 bits per heavy atom. The first-order chi connectivity index (χ1) is 14.5. The van der Waals surface area contributed by atoms with Crippen LogP contribution in [0.2, 0.25) is 10.0 Å². The van der Waals surface area contributed by atoms with Crippen LogP contribution in [-0.4, -0.2) is 25.2 Å². The van der Waals surface area contributed by atoms with E-state index in [2.05, 4.69) is 26.2 Å². The number of aromatic carboxylic acids is 1. The third kappa shape index (κ3) is 4.66. The SMILES string of the molecule is Cc1cc(Cl)ccc1C(Nc1cc(Cl)cn(C)c1=O)c1c(C(=O)O)nc(Br)n1C(C)C. The van der Waals surface area contributed by atoms with Gasteiger partial charge in [-0.25, -0.2) is 9.78 Å². The number of rotatable bonds is 6. The maximum Gasteiger partial charge on any atom is 0.356 e. The van der Waals surface area contributed by atoms with Crippen LogP contribution in [0.3, 0.4) is 0 Å². The number of nitrogens with zero attached hydrogens (tertiary/aromatic N) is 3. The van der Waals surface area contributed by atoms with Gasteiger partial charge < -0.3 is 19.6 Å². The number of hydrogen-bond acceptors (Lipinski definition) is 4. The van der Waals surface area contributed by atoms with E-state index in [0.29, 0.717) is 20.5 Å². The van der Waals surface area contributed by atoms with Crippen molar-refractivity contribution in [3.63, 3.8) is 0 Å². The van der Waals surface area contributed by atoms with Gasteiger partial charge in [-0.15, -0.1) is 0 Å². The van der Waals surface area contributed by atoms with Crippen molar-refractivity contribution in [3.05, 3.63) is 78.1 Å². The second kappa shape index (κ2) is 9.06. The summed E-state index contributed by atoms with van der Waals surface area (Å²) in [7, 11) is 1.60. The van der Waals surface area contributed by atoms with Gasteiger partial charge in [-0.3, -0.25) is 4.79 Å². The van der Waals surface area contributed by atoms with E-state index in [1.54, 1.807) is 23.7 Å². The van der Waals surface area contributed by atoms with Crippen molar-refractivity contribution in [2.24, 2.45) is 7.05 Å². The van der Waals surface area contributed by atoms with Gasteiger partial charge in [0.15, 0.2) is 10.4 Å². The number of carbonyl (C=O) groups is 1. The molecule has 31 heavy (non-hydrogen) atoms. The molecule has 2 heterocycles. The Morgan fingerprint density at radius 1 is 1.23 bits per heavy atom. The van der Waals surface area contributed by atoms with Crippen LogP contribution in [-0.2, 0) is 7.05 Å². The molecule has 0 spiro atoms. The molecule has 2 N–H and O–H groups in total. The lowest BCUT2D eigenvalue weighted by molar-refractivity contribution is 0.0689. The molecule has 0 fully saturated rings. The van der Waals surface area contributed by atoms with Crippen molar-refractivity contribution in [2.75, 3.05) is 5.32 Å². The fraction of sp³-hybridized carbons (Fsp3) is 0.286. The van der Waals surface area contributed by atoms with Gasteiger partial charge in [0.2, 0.25) is 0 Å². The zero-order valence-corrected chi connectivity index (χ0v) is 20.4. The monoisotopic (exact) mass is 526 g/mol. The lowest BCUT2D eigenvalue weighted by Gasteiger charge is -2.26. The highest BCUT2D eigenvalue weighted by Gasteiger charge is 2.31. The molecule has 10 heteroatoms. The highest BCUT2D eigenvalue weighted by Crippen LogP contribution is 2.35. The van der Waals surface area contributed by atoms with Gasteiger partial charge in [-0.2, -0.15) is 0 Å². The van der Waals surface area contributed by atoms with Crippen molar-refractivity contribution >= 4 is 50.8 Å². The Labute approximate surface area is 197 Å². The second-order valence-electron chi connectivity index (χ2n) is 7.45.